The largest absolute Gasteiger partial charge is 0.398 e. The normalized spacial score (nSPS) is 15.7. The zero-order valence-electron chi connectivity index (χ0n) is 12.5. The van der Waals surface area contributed by atoms with Crippen LogP contribution in [0.2, 0.25) is 0 Å². The topological polar surface area (TPSA) is 62.5 Å². The van der Waals surface area contributed by atoms with Gasteiger partial charge >= 0.3 is 0 Å². The van der Waals surface area contributed by atoms with Crippen molar-refractivity contribution in [1.29, 1.82) is 0 Å². The highest BCUT2D eigenvalue weighted by molar-refractivity contribution is 5.99. The molecule has 114 valence electrons. The molecule has 2 N–H and O–H groups in total. The van der Waals surface area contributed by atoms with Crippen LogP contribution in [0.1, 0.15) is 16.1 Å². The molecule has 0 atom stereocenters. The quantitative estimate of drug-likeness (QED) is 0.874. The minimum absolute atomic E-state index is 0.0237. The molecule has 1 saturated heterocycles. The third-order valence-electron chi connectivity index (χ3n) is 3.96. The Morgan fingerprint density at radius 2 is 1.77 bits per heavy atom. The van der Waals surface area contributed by atoms with Gasteiger partial charge in [-0.3, -0.25) is 14.7 Å². The summed E-state index contributed by atoms with van der Waals surface area (Å²) in [5, 5.41) is 0. The summed E-state index contributed by atoms with van der Waals surface area (Å²) in [4.78, 5) is 21.0. The van der Waals surface area contributed by atoms with Crippen molar-refractivity contribution in [1.82, 2.24) is 14.8 Å². The van der Waals surface area contributed by atoms with Crippen LogP contribution in [0.15, 0.2) is 48.7 Å². The van der Waals surface area contributed by atoms with Crippen molar-refractivity contribution < 1.29 is 4.79 Å². The molecule has 1 aliphatic heterocycles. The maximum absolute atomic E-state index is 12.5. The van der Waals surface area contributed by atoms with Crippen LogP contribution < -0.4 is 5.73 Å². The second-order valence-electron chi connectivity index (χ2n) is 5.48. The number of nitrogens with zero attached hydrogens (tertiary/aromatic N) is 3. The van der Waals surface area contributed by atoms with Gasteiger partial charge in [0.1, 0.15) is 0 Å². The van der Waals surface area contributed by atoms with Crippen molar-refractivity contribution in [3.8, 4) is 0 Å². The highest BCUT2D eigenvalue weighted by Crippen LogP contribution is 2.15. The van der Waals surface area contributed by atoms with Gasteiger partial charge in [-0.25, -0.2) is 0 Å². The van der Waals surface area contributed by atoms with Gasteiger partial charge in [-0.2, -0.15) is 0 Å². The molecule has 3 rings (SSSR count). The number of aromatic nitrogens is 1. The van der Waals surface area contributed by atoms with Gasteiger partial charge in [-0.1, -0.05) is 18.2 Å². The van der Waals surface area contributed by atoms with Gasteiger partial charge in [0.15, 0.2) is 0 Å². The number of nitrogen functional groups attached to an aromatic ring is 1. The van der Waals surface area contributed by atoms with E-state index in [1.165, 1.54) is 0 Å². The summed E-state index contributed by atoms with van der Waals surface area (Å²) >= 11 is 0. The molecule has 0 bridgehead atoms. The molecule has 1 aromatic heterocycles. The summed E-state index contributed by atoms with van der Waals surface area (Å²) in [5.74, 6) is 0.0237. The van der Waals surface area contributed by atoms with E-state index in [2.05, 4.69) is 9.88 Å². The molecule has 1 aromatic carbocycles. The lowest BCUT2D eigenvalue weighted by molar-refractivity contribution is 0.0628. The third kappa shape index (κ3) is 3.26. The highest BCUT2D eigenvalue weighted by atomic mass is 16.2. The Kier molecular flexibility index (Phi) is 4.34. The molecule has 5 nitrogen and oxygen atoms in total. The van der Waals surface area contributed by atoms with E-state index in [-0.39, 0.29) is 5.91 Å². The first-order chi connectivity index (χ1) is 10.7. The number of carbonyl (C=O) groups excluding carboxylic acids is 1. The molecule has 0 unspecified atom stereocenters. The minimum Gasteiger partial charge on any atom is -0.398 e. The highest BCUT2D eigenvalue weighted by Gasteiger charge is 2.23. The van der Waals surface area contributed by atoms with Crippen LogP contribution in [0.25, 0.3) is 0 Å². The molecule has 5 heteroatoms. The Labute approximate surface area is 130 Å². The Morgan fingerprint density at radius 3 is 2.45 bits per heavy atom. The molecule has 0 spiro atoms. The first kappa shape index (κ1) is 14.5. The van der Waals surface area contributed by atoms with Crippen molar-refractivity contribution in [3.05, 3.63) is 59.9 Å². The summed E-state index contributed by atoms with van der Waals surface area (Å²) in [6.45, 7) is 3.99. The summed E-state index contributed by atoms with van der Waals surface area (Å²) in [5.41, 5.74) is 8.10. The smallest absolute Gasteiger partial charge is 0.256 e. The van der Waals surface area contributed by atoms with Gasteiger partial charge < -0.3 is 10.6 Å². The molecule has 2 aromatic rings. The number of amides is 1. The Morgan fingerprint density at radius 1 is 1.05 bits per heavy atom. The third-order valence-corrected chi connectivity index (χ3v) is 3.96. The van der Waals surface area contributed by atoms with Gasteiger partial charge in [-0.05, 0) is 24.3 Å². The standard InChI is InChI=1S/C17H20N4O/c18-16-7-2-1-6-15(16)17(22)21-11-9-20(10-12-21)13-14-5-3-4-8-19-14/h1-8H,9-13,18H2. The van der Waals surface area contributed by atoms with Gasteiger partial charge in [0.25, 0.3) is 5.91 Å². The van der Waals surface area contributed by atoms with E-state index < -0.39 is 0 Å². The first-order valence-corrected chi connectivity index (χ1v) is 7.50. The van der Waals surface area contributed by atoms with Crippen LogP contribution in [0.5, 0.6) is 0 Å². The number of nitrogens with two attached hydrogens (primary N) is 1. The maximum Gasteiger partial charge on any atom is 0.256 e. The molecule has 0 saturated carbocycles. The van der Waals surface area contributed by atoms with Crippen molar-refractivity contribution in [2.24, 2.45) is 0 Å². The lowest BCUT2D eigenvalue weighted by atomic mass is 10.1. The molecule has 22 heavy (non-hydrogen) atoms. The van der Waals surface area contributed by atoms with Crippen LogP contribution in [0.4, 0.5) is 5.69 Å². The molecule has 1 fully saturated rings. The number of hydrogen-bond acceptors (Lipinski definition) is 4. The van der Waals surface area contributed by atoms with Crippen LogP contribution in [-0.2, 0) is 6.54 Å². The summed E-state index contributed by atoms with van der Waals surface area (Å²) < 4.78 is 0. The van der Waals surface area contributed by atoms with E-state index in [9.17, 15) is 4.79 Å². The fourth-order valence-electron chi connectivity index (χ4n) is 2.69. The Bertz CT molecular complexity index is 636. The van der Waals surface area contributed by atoms with Crippen molar-refractivity contribution in [2.75, 3.05) is 31.9 Å². The number of pyridine rings is 1. The fraction of sp³-hybridized carbons (Fsp3) is 0.294. The SMILES string of the molecule is Nc1ccccc1C(=O)N1CCN(Cc2ccccn2)CC1. The average Bonchev–Trinajstić information content (AvgIpc) is 2.56. The molecule has 2 heterocycles. The fourth-order valence-corrected chi connectivity index (χ4v) is 2.69. The summed E-state index contributed by atoms with van der Waals surface area (Å²) in [7, 11) is 0. The van der Waals surface area contributed by atoms with Gasteiger partial charge in [-0.15, -0.1) is 0 Å². The number of para-hydroxylation sites is 1. The minimum atomic E-state index is 0.0237. The lowest BCUT2D eigenvalue weighted by Gasteiger charge is -2.34. The lowest BCUT2D eigenvalue weighted by Crippen LogP contribution is -2.48. The van der Waals surface area contributed by atoms with Crippen molar-refractivity contribution >= 4 is 11.6 Å². The van der Waals surface area contributed by atoms with E-state index >= 15 is 0 Å². The number of carbonyl (C=O) groups is 1. The molecule has 1 amide bonds. The summed E-state index contributed by atoms with van der Waals surface area (Å²) in [6, 6.07) is 13.2. The number of anilines is 1. The number of benzene rings is 1. The van der Waals surface area contributed by atoms with E-state index in [0.717, 1.165) is 38.4 Å². The molecular formula is C17H20N4O. The second-order valence-corrected chi connectivity index (χ2v) is 5.48. The van der Waals surface area contributed by atoms with Gasteiger partial charge in [0.2, 0.25) is 0 Å². The van der Waals surface area contributed by atoms with E-state index in [1.54, 1.807) is 12.1 Å². The van der Waals surface area contributed by atoms with Crippen molar-refractivity contribution in [3.63, 3.8) is 0 Å². The van der Waals surface area contributed by atoms with E-state index in [1.807, 2.05) is 41.4 Å². The number of piperazine rings is 1. The van der Waals surface area contributed by atoms with E-state index in [4.69, 9.17) is 5.73 Å². The average molecular weight is 296 g/mol. The monoisotopic (exact) mass is 296 g/mol. The van der Waals surface area contributed by atoms with E-state index in [0.29, 0.717) is 11.3 Å². The van der Waals surface area contributed by atoms with Gasteiger partial charge in [0, 0.05) is 44.6 Å². The maximum atomic E-state index is 12.5. The first-order valence-electron chi connectivity index (χ1n) is 7.50. The Hall–Kier alpha value is -2.40. The van der Waals surface area contributed by atoms with Gasteiger partial charge in [0.05, 0.1) is 11.3 Å². The molecule has 1 aliphatic rings. The molecule has 0 radical (unpaired) electrons. The zero-order chi connectivity index (χ0) is 15.4. The zero-order valence-corrected chi connectivity index (χ0v) is 12.5. The molecular weight excluding hydrogens is 276 g/mol. The van der Waals surface area contributed by atoms with Crippen LogP contribution >= 0.6 is 0 Å². The van der Waals surface area contributed by atoms with Crippen LogP contribution in [0.3, 0.4) is 0 Å². The van der Waals surface area contributed by atoms with Crippen molar-refractivity contribution in [2.45, 2.75) is 6.54 Å². The second kappa shape index (κ2) is 6.58. The van der Waals surface area contributed by atoms with Crippen LogP contribution in [0, 0.1) is 0 Å². The molecule has 0 aliphatic carbocycles. The number of hydrogen-bond donors (Lipinski definition) is 1. The predicted octanol–water partition coefficient (Wildman–Crippen LogP) is 1.62. The predicted molar refractivity (Wildman–Crippen MR) is 86.3 cm³/mol. The summed E-state index contributed by atoms with van der Waals surface area (Å²) in [6.07, 6.45) is 1.81. The Balaban J connectivity index is 1.58. The van der Waals surface area contributed by atoms with Crippen LogP contribution in [-0.4, -0.2) is 46.9 Å². The number of rotatable bonds is 3.